The third-order valence-electron chi connectivity index (χ3n) is 3.17. The number of hydrogen-bond donors (Lipinski definition) is 0. The van der Waals surface area contributed by atoms with Crippen molar-refractivity contribution in [2.45, 2.75) is 6.92 Å². The van der Waals surface area contributed by atoms with E-state index in [9.17, 15) is 23.7 Å². The number of nitrogens with zero attached hydrogens (tertiary/aromatic N) is 2. The molecule has 2 aromatic carbocycles. The molecule has 0 aromatic heterocycles. The molecule has 0 aliphatic rings. The fourth-order valence-corrected chi connectivity index (χ4v) is 2.23. The summed E-state index contributed by atoms with van der Waals surface area (Å²) in [5.74, 6) is -2.78. The maximum Gasteiger partial charge on any atom is 0.270 e. The fourth-order valence-electron chi connectivity index (χ4n) is 2.03. The molecule has 0 unspecified atom stereocenters. The first kappa shape index (κ1) is 16.8. The number of halogens is 3. The molecule has 5 nitrogen and oxygen atoms in total. The van der Waals surface area contributed by atoms with Gasteiger partial charge < -0.3 is 4.90 Å². The van der Waals surface area contributed by atoms with E-state index in [-0.39, 0.29) is 28.5 Å². The topological polar surface area (TPSA) is 63.5 Å². The van der Waals surface area contributed by atoms with E-state index in [0.717, 1.165) is 23.1 Å². The molecule has 1 amide bonds. The smallest absolute Gasteiger partial charge is 0.270 e. The Balaban J connectivity index is 2.46. The van der Waals surface area contributed by atoms with Crippen LogP contribution in [-0.2, 0) is 0 Å². The summed E-state index contributed by atoms with van der Waals surface area (Å²) in [5, 5.41) is 10.9. The number of nitro groups is 1. The lowest BCUT2D eigenvalue weighted by molar-refractivity contribution is -0.384. The van der Waals surface area contributed by atoms with Gasteiger partial charge >= 0.3 is 0 Å². The van der Waals surface area contributed by atoms with Crippen LogP contribution in [0.1, 0.15) is 17.3 Å². The third kappa shape index (κ3) is 3.45. The molecule has 0 N–H and O–H groups in total. The standard InChI is InChI=1S/C15H11ClF2N2O3/c1-2-19(9-4-6-13(17)14(18)8-9)15(21)11-7-10(20(22)23)3-5-12(11)16/h3-8H,2H2,1H3. The Bertz CT molecular complexity index is 783. The van der Waals surface area contributed by atoms with Crippen LogP contribution in [0.2, 0.25) is 5.02 Å². The summed E-state index contributed by atoms with van der Waals surface area (Å²) in [6.45, 7) is 1.77. The van der Waals surface area contributed by atoms with E-state index in [1.54, 1.807) is 6.92 Å². The Hall–Kier alpha value is -2.54. The van der Waals surface area contributed by atoms with E-state index in [1.807, 2.05) is 0 Å². The summed E-state index contributed by atoms with van der Waals surface area (Å²) in [5.41, 5.74) is -0.259. The van der Waals surface area contributed by atoms with Gasteiger partial charge in [0.25, 0.3) is 11.6 Å². The first-order valence-corrected chi connectivity index (χ1v) is 6.93. The highest BCUT2D eigenvalue weighted by Gasteiger charge is 2.22. The minimum atomic E-state index is -1.10. The molecule has 2 rings (SSSR count). The second kappa shape index (κ2) is 6.70. The molecule has 120 valence electrons. The molecule has 0 bridgehead atoms. The van der Waals surface area contributed by atoms with Crippen molar-refractivity contribution in [2.24, 2.45) is 0 Å². The van der Waals surface area contributed by atoms with Gasteiger partial charge in [-0.3, -0.25) is 14.9 Å². The Morgan fingerprint density at radius 2 is 1.91 bits per heavy atom. The van der Waals surface area contributed by atoms with Crippen molar-refractivity contribution in [3.63, 3.8) is 0 Å². The first-order chi connectivity index (χ1) is 10.8. The van der Waals surface area contributed by atoms with Gasteiger partial charge in [-0.1, -0.05) is 11.6 Å². The van der Waals surface area contributed by atoms with Crippen molar-refractivity contribution < 1.29 is 18.5 Å². The second-order valence-electron chi connectivity index (χ2n) is 4.57. The zero-order valence-electron chi connectivity index (χ0n) is 11.9. The Morgan fingerprint density at radius 1 is 1.22 bits per heavy atom. The molecular weight excluding hydrogens is 330 g/mol. The molecule has 0 heterocycles. The predicted molar refractivity (Wildman–Crippen MR) is 81.8 cm³/mol. The van der Waals surface area contributed by atoms with Crippen molar-refractivity contribution in [1.82, 2.24) is 0 Å². The van der Waals surface area contributed by atoms with Crippen molar-refractivity contribution in [3.05, 3.63) is 68.7 Å². The predicted octanol–water partition coefficient (Wildman–Crippen LogP) is 4.19. The van der Waals surface area contributed by atoms with Crippen LogP contribution in [0.4, 0.5) is 20.2 Å². The zero-order valence-corrected chi connectivity index (χ0v) is 12.7. The molecule has 0 atom stereocenters. The average Bonchev–Trinajstić information content (AvgIpc) is 2.51. The Labute approximate surface area is 135 Å². The van der Waals surface area contributed by atoms with E-state index in [4.69, 9.17) is 11.6 Å². The van der Waals surface area contributed by atoms with Crippen molar-refractivity contribution in [2.75, 3.05) is 11.4 Å². The summed E-state index contributed by atoms with van der Waals surface area (Å²) >= 11 is 5.94. The fraction of sp³-hybridized carbons (Fsp3) is 0.133. The molecule has 0 saturated carbocycles. The third-order valence-corrected chi connectivity index (χ3v) is 3.50. The minimum absolute atomic E-state index is 0.0293. The van der Waals surface area contributed by atoms with Crippen molar-refractivity contribution in [1.29, 1.82) is 0 Å². The number of rotatable bonds is 4. The molecule has 2 aromatic rings. The van der Waals surface area contributed by atoms with Crippen molar-refractivity contribution >= 4 is 28.9 Å². The number of benzene rings is 2. The lowest BCUT2D eigenvalue weighted by Crippen LogP contribution is -2.31. The summed E-state index contributed by atoms with van der Waals surface area (Å²) in [6, 6.07) is 6.48. The van der Waals surface area contributed by atoms with E-state index in [0.29, 0.717) is 0 Å². The number of non-ortho nitro benzene ring substituents is 1. The maximum atomic E-state index is 13.4. The lowest BCUT2D eigenvalue weighted by Gasteiger charge is -2.21. The summed E-state index contributed by atoms with van der Waals surface area (Å²) in [6.07, 6.45) is 0. The van der Waals surface area contributed by atoms with Gasteiger partial charge in [-0.25, -0.2) is 8.78 Å². The van der Waals surface area contributed by atoms with Gasteiger partial charge in [0, 0.05) is 30.4 Å². The van der Waals surface area contributed by atoms with Crippen LogP contribution < -0.4 is 4.90 Å². The van der Waals surface area contributed by atoms with Gasteiger partial charge in [-0.2, -0.15) is 0 Å². The molecule has 8 heteroatoms. The van der Waals surface area contributed by atoms with Crippen LogP contribution in [0.3, 0.4) is 0 Å². The zero-order chi connectivity index (χ0) is 17.1. The van der Waals surface area contributed by atoms with Gasteiger partial charge in [0.15, 0.2) is 11.6 Å². The first-order valence-electron chi connectivity index (χ1n) is 6.56. The molecule has 23 heavy (non-hydrogen) atoms. The molecule has 0 radical (unpaired) electrons. The highest BCUT2D eigenvalue weighted by molar-refractivity contribution is 6.34. The summed E-state index contributed by atoms with van der Waals surface area (Å²) in [7, 11) is 0. The van der Waals surface area contributed by atoms with Crippen molar-refractivity contribution in [3.8, 4) is 0 Å². The summed E-state index contributed by atoms with van der Waals surface area (Å²) in [4.78, 5) is 23.9. The van der Waals surface area contributed by atoms with E-state index >= 15 is 0 Å². The number of anilines is 1. The number of hydrogen-bond acceptors (Lipinski definition) is 3. The average molecular weight is 341 g/mol. The largest absolute Gasteiger partial charge is 0.308 e. The molecule has 0 aliphatic heterocycles. The van der Waals surface area contributed by atoms with Crippen LogP contribution in [0.25, 0.3) is 0 Å². The molecule has 0 fully saturated rings. The second-order valence-corrected chi connectivity index (χ2v) is 4.98. The van der Waals surface area contributed by atoms with Crippen LogP contribution in [-0.4, -0.2) is 17.4 Å². The van der Waals surface area contributed by atoms with Crippen LogP contribution >= 0.6 is 11.6 Å². The quantitative estimate of drug-likeness (QED) is 0.619. The van der Waals surface area contributed by atoms with E-state index in [2.05, 4.69) is 0 Å². The molecule has 0 saturated heterocycles. The van der Waals surface area contributed by atoms with Crippen LogP contribution in [0.5, 0.6) is 0 Å². The van der Waals surface area contributed by atoms with Gasteiger partial charge in [0.2, 0.25) is 0 Å². The van der Waals surface area contributed by atoms with Gasteiger partial charge in [0.1, 0.15) is 0 Å². The van der Waals surface area contributed by atoms with E-state index in [1.165, 1.54) is 18.2 Å². The molecule has 0 spiro atoms. The Kier molecular flexibility index (Phi) is 4.90. The normalized spacial score (nSPS) is 10.4. The highest BCUT2D eigenvalue weighted by Crippen LogP contribution is 2.26. The van der Waals surface area contributed by atoms with E-state index < -0.39 is 22.5 Å². The van der Waals surface area contributed by atoms with Crippen LogP contribution in [0, 0.1) is 21.7 Å². The van der Waals surface area contributed by atoms with Crippen LogP contribution in [0.15, 0.2) is 36.4 Å². The monoisotopic (exact) mass is 340 g/mol. The number of carbonyl (C=O) groups is 1. The SMILES string of the molecule is CCN(C(=O)c1cc([N+](=O)[O-])ccc1Cl)c1ccc(F)c(F)c1. The maximum absolute atomic E-state index is 13.4. The summed E-state index contributed by atoms with van der Waals surface area (Å²) < 4.78 is 26.4. The lowest BCUT2D eigenvalue weighted by atomic mass is 10.1. The Morgan fingerprint density at radius 3 is 2.48 bits per heavy atom. The minimum Gasteiger partial charge on any atom is -0.308 e. The van der Waals surface area contributed by atoms with Gasteiger partial charge in [-0.15, -0.1) is 0 Å². The molecule has 0 aliphatic carbocycles. The number of carbonyl (C=O) groups excluding carboxylic acids is 1. The number of amides is 1. The molecular formula is C15H11ClF2N2O3. The van der Waals surface area contributed by atoms with Gasteiger partial charge in [0.05, 0.1) is 15.5 Å². The van der Waals surface area contributed by atoms with Gasteiger partial charge in [-0.05, 0) is 25.1 Å². The highest BCUT2D eigenvalue weighted by atomic mass is 35.5. The number of nitro benzene ring substituents is 1.